The zero-order chi connectivity index (χ0) is 38.5. The summed E-state index contributed by atoms with van der Waals surface area (Å²) >= 11 is 0. The molecule has 0 rings (SSSR count). The molecule has 0 aliphatic rings. The summed E-state index contributed by atoms with van der Waals surface area (Å²) in [4.78, 5) is 45.8. The molecular weight excluding hydrogens is 685 g/mol. The molecule has 4 N–H and O–H groups in total. The fraction of sp³-hybridized carbons (Fsp3) is 0.925. The molecule has 0 aromatic heterocycles. The van der Waals surface area contributed by atoms with E-state index in [1.54, 1.807) is 0 Å². The standard InChI is InChI=1S/C40H78NO10P/c1-3-5-7-9-11-13-15-16-17-18-19-20-22-24-26-28-30-32-39(43)51-36(34-49-52(46,47)50-35-37(41)40(44)45)33-48-38(42)31-29-27-25-23-21-14-12-10-8-6-4-2/h36-37H,3-35,41H2,1-2H3,(H,44,45)(H,46,47)/t36-,37+/m1/s1. The van der Waals surface area contributed by atoms with Crippen molar-refractivity contribution in [1.82, 2.24) is 0 Å². The van der Waals surface area contributed by atoms with E-state index in [1.165, 1.54) is 128 Å². The Morgan fingerprint density at radius 3 is 1.21 bits per heavy atom. The number of carboxylic acids is 1. The summed E-state index contributed by atoms with van der Waals surface area (Å²) in [5.41, 5.74) is 5.32. The second kappa shape index (κ2) is 36.5. The minimum atomic E-state index is -4.70. The smallest absolute Gasteiger partial charge is 0.472 e. The van der Waals surface area contributed by atoms with Gasteiger partial charge in [0.05, 0.1) is 13.2 Å². The van der Waals surface area contributed by atoms with Crippen LogP contribution in [-0.2, 0) is 37.5 Å². The van der Waals surface area contributed by atoms with Crippen LogP contribution < -0.4 is 5.73 Å². The Morgan fingerprint density at radius 2 is 0.846 bits per heavy atom. The fourth-order valence-electron chi connectivity index (χ4n) is 6.01. The summed E-state index contributed by atoms with van der Waals surface area (Å²) in [6, 6.07) is -1.52. The summed E-state index contributed by atoms with van der Waals surface area (Å²) < 4.78 is 32.6. The van der Waals surface area contributed by atoms with Gasteiger partial charge in [0, 0.05) is 12.8 Å². The van der Waals surface area contributed by atoms with Gasteiger partial charge in [0.1, 0.15) is 12.6 Å². The lowest BCUT2D eigenvalue weighted by molar-refractivity contribution is -0.161. The minimum Gasteiger partial charge on any atom is -0.480 e. The summed E-state index contributed by atoms with van der Waals surface area (Å²) in [6.07, 6.45) is 33.1. The quantitative estimate of drug-likeness (QED) is 0.0308. The van der Waals surface area contributed by atoms with Crippen molar-refractivity contribution < 1.29 is 47.5 Å². The molecule has 0 aromatic carbocycles. The SMILES string of the molecule is CCCCCCCCCCCCCCCCCCCC(=O)O[C@H](COC(=O)CCCCCCCCCCCCC)COP(=O)(O)OC[C@H](N)C(=O)O. The van der Waals surface area contributed by atoms with Crippen LogP contribution in [0.4, 0.5) is 0 Å². The topological polar surface area (TPSA) is 172 Å². The summed E-state index contributed by atoms with van der Waals surface area (Å²) in [5.74, 6) is -2.36. The average Bonchev–Trinajstić information content (AvgIpc) is 3.12. The number of carbonyl (C=O) groups is 3. The van der Waals surface area contributed by atoms with E-state index in [4.69, 9.17) is 24.8 Å². The molecule has 3 atom stereocenters. The molecule has 12 heteroatoms. The highest BCUT2D eigenvalue weighted by Gasteiger charge is 2.28. The van der Waals surface area contributed by atoms with Crippen molar-refractivity contribution in [3.05, 3.63) is 0 Å². The third-order valence-corrected chi connectivity index (χ3v) is 10.3. The predicted octanol–water partition coefficient (Wildman–Crippen LogP) is 10.7. The molecule has 0 aliphatic heterocycles. The maximum absolute atomic E-state index is 12.6. The Bertz CT molecular complexity index is 906. The first kappa shape index (κ1) is 50.5. The van der Waals surface area contributed by atoms with Crippen LogP contribution in [-0.4, -0.2) is 59.9 Å². The van der Waals surface area contributed by atoms with Gasteiger partial charge in [0.25, 0.3) is 0 Å². The molecule has 0 heterocycles. The zero-order valence-corrected chi connectivity index (χ0v) is 34.1. The monoisotopic (exact) mass is 764 g/mol. The third kappa shape index (κ3) is 35.5. The summed E-state index contributed by atoms with van der Waals surface area (Å²) in [7, 11) is -4.70. The molecule has 1 unspecified atom stereocenters. The van der Waals surface area contributed by atoms with E-state index in [0.717, 1.165) is 38.5 Å². The van der Waals surface area contributed by atoms with Gasteiger partial charge in [-0.3, -0.25) is 23.4 Å². The van der Waals surface area contributed by atoms with E-state index in [9.17, 15) is 23.8 Å². The van der Waals surface area contributed by atoms with Gasteiger partial charge in [0.15, 0.2) is 6.10 Å². The second-order valence-corrected chi connectivity index (χ2v) is 15.9. The van der Waals surface area contributed by atoms with Crippen molar-refractivity contribution in [2.75, 3.05) is 19.8 Å². The lowest BCUT2D eigenvalue weighted by Gasteiger charge is -2.20. The number of carboxylic acid groups (broad SMARTS) is 1. The number of aliphatic carboxylic acids is 1. The van der Waals surface area contributed by atoms with Crippen LogP contribution in [0, 0.1) is 0 Å². The molecule has 11 nitrogen and oxygen atoms in total. The highest BCUT2D eigenvalue weighted by molar-refractivity contribution is 7.47. The van der Waals surface area contributed by atoms with Crippen LogP contribution in [0.2, 0.25) is 0 Å². The predicted molar refractivity (Wildman–Crippen MR) is 208 cm³/mol. The largest absolute Gasteiger partial charge is 0.480 e. The van der Waals surface area contributed by atoms with Gasteiger partial charge in [-0.25, -0.2) is 4.57 Å². The van der Waals surface area contributed by atoms with E-state index < -0.39 is 51.1 Å². The molecule has 0 aliphatic carbocycles. The fourth-order valence-corrected chi connectivity index (χ4v) is 6.79. The van der Waals surface area contributed by atoms with Crippen molar-refractivity contribution >= 4 is 25.7 Å². The normalized spacial score (nSPS) is 13.8. The highest BCUT2D eigenvalue weighted by Crippen LogP contribution is 2.43. The summed E-state index contributed by atoms with van der Waals surface area (Å²) in [5, 5.41) is 8.87. The first-order chi connectivity index (χ1) is 25.1. The molecular formula is C40H78NO10P. The van der Waals surface area contributed by atoms with E-state index >= 15 is 0 Å². The molecule has 308 valence electrons. The molecule has 0 saturated heterocycles. The molecule has 0 aromatic rings. The van der Waals surface area contributed by atoms with Gasteiger partial charge in [-0.1, -0.05) is 181 Å². The Labute approximate surface area is 316 Å². The van der Waals surface area contributed by atoms with Crippen molar-refractivity contribution in [3.63, 3.8) is 0 Å². The molecule has 0 spiro atoms. The van der Waals surface area contributed by atoms with Gasteiger partial charge in [-0.05, 0) is 12.8 Å². The lowest BCUT2D eigenvalue weighted by atomic mass is 10.0. The van der Waals surface area contributed by atoms with Gasteiger partial charge in [-0.15, -0.1) is 0 Å². The van der Waals surface area contributed by atoms with E-state index in [0.29, 0.717) is 12.8 Å². The Balaban J connectivity index is 4.32. The first-order valence-corrected chi connectivity index (χ1v) is 22.6. The highest BCUT2D eigenvalue weighted by atomic mass is 31.2. The van der Waals surface area contributed by atoms with Crippen molar-refractivity contribution in [2.45, 2.75) is 219 Å². The lowest BCUT2D eigenvalue weighted by Crippen LogP contribution is -2.34. The summed E-state index contributed by atoms with van der Waals surface area (Å²) in [6.45, 7) is 2.81. The number of rotatable bonds is 40. The van der Waals surface area contributed by atoms with E-state index in [1.807, 2.05) is 0 Å². The average molecular weight is 764 g/mol. The number of esters is 2. The minimum absolute atomic E-state index is 0.169. The molecule has 0 saturated carbocycles. The number of ether oxygens (including phenoxy) is 2. The van der Waals surface area contributed by atoms with Crippen LogP contribution in [0.5, 0.6) is 0 Å². The maximum Gasteiger partial charge on any atom is 0.472 e. The maximum atomic E-state index is 12.6. The van der Waals surface area contributed by atoms with Gasteiger partial charge in [-0.2, -0.15) is 0 Å². The van der Waals surface area contributed by atoms with Crippen molar-refractivity contribution in [3.8, 4) is 0 Å². The number of phosphoric ester groups is 1. The van der Waals surface area contributed by atoms with Crippen LogP contribution >= 0.6 is 7.82 Å². The first-order valence-electron chi connectivity index (χ1n) is 21.1. The molecule has 0 bridgehead atoms. The number of unbranched alkanes of at least 4 members (excludes halogenated alkanes) is 26. The number of nitrogens with two attached hydrogens (primary N) is 1. The number of hydrogen-bond donors (Lipinski definition) is 3. The van der Waals surface area contributed by atoms with Gasteiger partial charge < -0.3 is 25.2 Å². The Morgan fingerprint density at radius 1 is 0.519 bits per heavy atom. The Kier molecular flexibility index (Phi) is 35.4. The van der Waals surface area contributed by atoms with Crippen LogP contribution in [0.1, 0.15) is 206 Å². The second-order valence-electron chi connectivity index (χ2n) is 14.5. The molecule has 0 fully saturated rings. The number of hydrogen-bond acceptors (Lipinski definition) is 9. The number of carbonyl (C=O) groups excluding carboxylic acids is 2. The van der Waals surface area contributed by atoms with E-state index in [-0.39, 0.29) is 19.4 Å². The van der Waals surface area contributed by atoms with Gasteiger partial charge >= 0.3 is 25.7 Å². The van der Waals surface area contributed by atoms with Crippen LogP contribution in [0.25, 0.3) is 0 Å². The zero-order valence-electron chi connectivity index (χ0n) is 33.2. The van der Waals surface area contributed by atoms with Crippen LogP contribution in [0.3, 0.4) is 0 Å². The number of phosphoric acid groups is 1. The molecule has 52 heavy (non-hydrogen) atoms. The van der Waals surface area contributed by atoms with E-state index in [2.05, 4.69) is 18.4 Å². The van der Waals surface area contributed by atoms with Crippen molar-refractivity contribution in [2.24, 2.45) is 5.73 Å². The van der Waals surface area contributed by atoms with Crippen LogP contribution in [0.15, 0.2) is 0 Å². The van der Waals surface area contributed by atoms with Gasteiger partial charge in [0.2, 0.25) is 0 Å². The molecule has 0 amide bonds. The molecule has 0 radical (unpaired) electrons. The Hall–Kier alpha value is -1.52. The third-order valence-electron chi connectivity index (χ3n) is 9.36. The van der Waals surface area contributed by atoms with Crippen molar-refractivity contribution in [1.29, 1.82) is 0 Å².